The van der Waals surface area contributed by atoms with Gasteiger partial charge in [0.1, 0.15) is 0 Å². The van der Waals surface area contributed by atoms with Crippen molar-refractivity contribution in [2.45, 2.75) is 51.1 Å². The molecule has 0 aromatic heterocycles. The number of benzene rings is 1. The number of nitrogens with two attached hydrogens (primary N) is 1. The van der Waals surface area contributed by atoms with Crippen LogP contribution in [0.2, 0.25) is 0 Å². The predicted molar refractivity (Wildman–Crippen MR) is 80.0 cm³/mol. The maximum atomic E-state index is 11.6. The summed E-state index contributed by atoms with van der Waals surface area (Å²) in [5.74, 6) is 0.0819. The van der Waals surface area contributed by atoms with Crippen LogP contribution in [0.3, 0.4) is 0 Å². The van der Waals surface area contributed by atoms with Crippen LogP contribution in [0.15, 0.2) is 30.3 Å². The highest BCUT2D eigenvalue weighted by Gasteiger charge is 2.53. The molecule has 4 unspecified atom stereocenters. The number of hydrogen-bond acceptors (Lipinski definition) is 3. The van der Waals surface area contributed by atoms with Crippen LogP contribution in [0, 0.1) is 22.0 Å². The molecule has 20 heavy (non-hydrogen) atoms. The van der Waals surface area contributed by atoms with Gasteiger partial charge in [-0.1, -0.05) is 37.3 Å². The Balaban J connectivity index is 2.12. The van der Waals surface area contributed by atoms with Gasteiger partial charge in [-0.25, -0.2) is 0 Å². The fourth-order valence-corrected chi connectivity index (χ4v) is 3.52. The lowest BCUT2D eigenvalue weighted by molar-refractivity contribution is -0.590. The monoisotopic (exact) mass is 276 g/mol. The second kappa shape index (κ2) is 5.92. The van der Waals surface area contributed by atoms with Gasteiger partial charge in [-0.3, -0.25) is 10.1 Å². The molecule has 0 bridgehead atoms. The highest BCUT2D eigenvalue weighted by Crippen LogP contribution is 2.42. The summed E-state index contributed by atoms with van der Waals surface area (Å²) in [5.41, 5.74) is 6.48. The Morgan fingerprint density at radius 3 is 2.60 bits per heavy atom. The molecule has 0 aliphatic heterocycles. The molecule has 0 radical (unpaired) electrons. The fourth-order valence-electron chi connectivity index (χ4n) is 3.52. The molecule has 2 N–H and O–H groups in total. The van der Waals surface area contributed by atoms with Crippen molar-refractivity contribution in [3.8, 4) is 0 Å². The van der Waals surface area contributed by atoms with Gasteiger partial charge in [0.15, 0.2) is 0 Å². The summed E-state index contributed by atoms with van der Waals surface area (Å²) in [5, 5.41) is 11.6. The molecule has 0 spiro atoms. The van der Waals surface area contributed by atoms with Crippen LogP contribution in [0.5, 0.6) is 0 Å². The molecular formula is C16H24N2O2. The normalized spacial score (nSPS) is 33.9. The van der Waals surface area contributed by atoms with Crippen molar-refractivity contribution < 1.29 is 4.92 Å². The van der Waals surface area contributed by atoms with Gasteiger partial charge >= 0.3 is 0 Å². The smallest absolute Gasteiger partial charge is 0.224 e. The van der Waals surface area contributed by atoms with E-state index in [1.807, 2.05) is 25.1 Å². The van der Waals surface area contributed by atoms with E-state index >= 15 is 0 Å². The number of nitro groups is 1. The number of hydrogen-bond donors (Lipinski definition) is 1. The van der Waals surface area contributed by atoms with Gasteiger partial charge in [0, 0.05) is 29.7 Å². The van der Waals surface area contributed by atoms with E-state index in [1.165, 1.54) is 5.56 Å². The minimum atomic E-state index is -0.843. The molecule has 4 nitrogen and oxygen atoms in total. The first kappa shape index (κ1) is 15.0. The fraction of sp³-hybridized carbons (Fsp3) is 0.625. The zero-order chi connectivity index (χ0) is 14.8. The lowest BCUT2D eigenvalue weighted by Crippen LogP contribution is -2.55. The average molecular weight is 276 g/mol. The van der Waals surface area contributed by atoms with Crippen LogP contribution in [0.4, 0.5) is 0 Å². The average Bonchev–Trinajstić information content (AvgIpc) is 2.42. The molecule has 1 fully saturated rings. The first-order valence-electron chi connectivity index (χ1n) is 7.38. The van der Waals surface area contributed by atoms with E-state index in [4.69, 9.17) is 5.73 Å². The van der Waals surface area contributed by atoms with Crippen molar-refractivity contribution in [2.24, 2.45) is 17.6 Å². The van der Waals surface area contributed by atoms with Crippen molar-refractivity contribution >= 4 is 0 Å². The lowest BCUT2D eigenvalue weighted by atomic mass is 9.65. The zero-order valence-corrected chi connectivity index (χ0v) is 12.3. The largest absolute Gasteiger partial charge is 0.328 e. The number of nitrogens with zero attached hydrogens (tertiary/aromatic N) is 1. The summed E-state index contributed by atoms with van der Waals surface area (Å²) in [6.45, 7) is 3.77. The molecule has 1 saturated carbocycles. The molecule has 110 valence electrons. The molecule has 0 heterocycles. The highest BCUT2D eigenvalue weighted by atomic mass is 16.6. The summed E-state index contributed by atoms with van der Waals surface area (Å²) in [6, 6.07) is 10.3. The van der Waals surface area contributed by atoms with Crippen molar-refractivity contribution in [1.82, 2.24) is 0 Å². The van der Waals surface area contributed by atoms with Crippen LogP contribution >= 0.6 is 0 Å². The zero-order valence-electron chi connectivity index (χ0n) is 12.3. The van der Waals surface area contributed by atoms with E-state index in [0.717, 1.165) is 25.7 Å². The second-order valence-electron chi connectivity index (χ2n) is 6.34. The Kier molecular flexibility index (Phi) is 4.43. The molecule has 4 atom stereocenters. The van der Waals surface area contributed by atoms with Crippen LogP contribution in [-0.2, 0) is 6.42 Å². The van der Waals surface area contributed by atoms with E-state index in [2.05, 4.69) is 12.1 Å². The van der Waals surface area contributed by atoms with Crippen LogP contribution in [-0.4, -0.2) is 16.5 Å². The van der Waals surface area contributed by atoms with E-state index < -0.39 is 5.54 Å². The minimum absolute atomic E-state index is 0.0297. The Morgan fingerprint density at radius 2 is 2.00 bits per heavy atom. The Hall–Kier alpha value is -1.42. The minimum Gasteiger partial charge on any atom is -0.328 e. The molecular weight excluding hydrogens is 252 g/mol. The summed E-state index contributed by atoms with van der Waals surface area (Å²) in [6.07, 6.45) is 3.22. The van der Waals surface area contributed by atoms with E-state index in [0.29, 0.717) is 0 Å². The summed E-state index contributed by atoms with van der Waals surface area (Å²) in [4.78, 5) is 11.5. The van der Waals surface area contributed by atoms with E-state index in [9.17, 15) is 10.1 Å². The third-order valence-electron chi connectivity index (χ3n) is 5.09. The third-order valence-corrected chi connectivity index (χ3v) is 5.09. The molecule has 1 aromatic carbocycles. The molecule has 1 aromatic rings. The predicted octanol–water partition coefficient (Wildman–Crippen LogP) is 3.03. The quantitative estimate of drug-likeness (QED) is 0.679. The molecule has 0 saturated heterocycles. The van der Waals surface area contributed by atoms with Gasteiger partial charge in [-0.15, -0.1) is 0 Å². The van der Waals surface area contributed by atoms with Crippen molar-refractivity contribution in [2.75, 3.05) is 0 Å². The Bertz CT molecular complexity index is 463. The van der Waals surface area contributed by atoms with Crippen molar-refractivity contribution in [3.05, 3.63) is 46.0 Å². The van der Waals surface area contributed by atoms with E-state index in [1.54, 1.807) is 6.92 Å². The van der Waals surface area contributed by atoms with Gasteiger partial charge in [-0.05, 0) is 31.2 Å². The Labute approximate surface area is 120 Å². The first-order chi connectivity index (χ1) is 9.44. The molecule has 1 aliphatic carbocycles. The summed E-state index contributed by atoms with van der Waals surface area (Å²) < 4.78 is 0. The molecule has 0 amide bonds. The molecule has 2 rings (SSSR count). The van der Waals surface area contributed by atoms with Crippen LogP contribution in [0.1, 0.15) is 38.7 Å². The van der Waals surface area contributed by atoms with Gasteiger partial charge in [-0.2, -0.15) is 0 Å². The second-order valence-corrected chi connectivity index (χ2v) is 6.34. The van der Waals surface area contributed by atoms with Gasteiger partial charge in [0.05, 0.1) is 0 Å². The SMILES string of the molecule is CC1CC(N)CC(CCc2ccccc2)C1(C)[N+](=O)[O-]. The molecule has 1 aliphatic rings. The highest BCUT2D eigenvalue weighted by molar-refractivity contribution is 5.15. The van der Waals surface area contributed by atoms with Crippen LogP contribution in [0.25, 0.3) is 0 Å². The Morgan fingerprint density at radius 1 is 1.35 bits per heavy atom. The summed E-state index contributed by atoms with van der Waals surface area (Å²) in [7, 11) is 0. The number of aryl methyl sites for hydroxylation is 1. The maximum absolute atomic E-state index is 11.6. The topological polar surface area (TPSA) is 69.2 Å². The maximum Gasteiger partial charge on any atom is 0.224 e. The van der Waals surface area contributed by atoms with Gasteiger partial charge in [0.25, 0.3) is 0 Å². The van der Waals surface area contributed by atoms with E-state index in [-0.39, 0.29) is 22.8 Å². The lowest BCUT2D eigenvalue weighted by Gasteiger charge is -2.41. The van der Waals surface area contributed by atoms with Gasteiger partial charge in [0.2, 0.25) is 5.54 Å². The third kappa shape index (κ3) is 2.85. The van der Waals surface area contributed by atoms with Crippen LogP contribution < -0.4 is 5.73 Å². The first-order valence-corrected chi connectivity index (χ1v) is 7.38. The van der Waals surface area contributed by atoms with Gasteiger partial charge < -0.3 is 5.73 Å². The van der Waals surface area contributed by atoms with Crippen molar-refractivity contribution in [1.29, 1.82) is 0 Å². The van der Waals surface area contributed by atoms with Crippen molar-refractivity contribution in [3.63, 3.8) is 0 Å². The standard InChI is InChI=1S/C16H24N2O2/c1-12-10-15(17)11-14(16(12,2)18(19)20)9-8-13-6-4-3-5-7-13/h3-7,12,14-15H,8-11,17H2,1-2H3. The molecule has 4 heteroatoms. The number of rotatable bonds is 4. The summed E-state index contributed by atoms with van der Waals surface area (Å²) >= 11 is 0.